The summed E-state index contributed by atoms with van der Waals surface area (Å²) < 4.78 is 11.1. The number of rotatable bonds is 8. The number of pyridine rings is 1. The fourth-order valence-electron chi connectivity index (χ4n) is 3.43. The van der Waals surface area contributed by atoms with E-state index in [2.05, 4.69) is 33.1 Å². The van der Waals surface area contributed by atoms with Crippen LogP contribution in [-0.2, 0) is 9.47 Å². The van der Waals surface area contributed by atoms with E-state index in [0.717, 1.165) is 90.3 Å². The van der Waals surface area contributed by atoms with Gasteiger partial charge in [-0.1, -0.05) is 6.07 Å². The Kier molecular flexibility index (Phi) is 8.17. The lowest BCUT2D eigenvalue weighted by Crippen LogP contribution is -2.52. The second kappa shape index (κ2) is 11.1. The molecule has 0 spiro atoms. The van der Waals surface area contributed by atoms with Crippen molar-refractivity contribution in [3.63, 3.8) is 0 Å². The van der Waals surface area contributed by atoms with Crippen LogP contribution in [0, 0.1) is 5.92 Å². The lowest BCUT2D eigenvalue weighted by molar-refractivity contribution is 0.0893. The molecule has 150 valence electrons. The van der Waals surface area contributed by atoms with E-state index in [1.165, 1.54) is 0 Å². The Morgan fingerprint density at radius 2 is 2.22 bits per heavy atom. The van der Waals surface area contributed by atoms with Gasteiger partial charge in [-0.05, 0) is 31.9 Å². The van der Waals surface area contributed by atoms with E-state index in [4.69, 9.17) is 14.5 Å². The van der Waals surface area contributed by atoms with E-state index in [9.17, 15) is 0 Å². The molecule has 2 aliphatic rings. The van der Waals surface area contributed by atoms with Crippen LogP contribution in [-0.4, -0.2) is 81.5 Å². The first-order chi connectivity index (χ1) is 13.4. The lowest BCUT2D eigenvalue weighted by Gasteiger charge is -2.37. The fraction of sp³-hybridized carbons (Fsp3) is 0.700. The van der Waals surface area contributed by atoms with Gasteiger partial charge in [0.15, 0.2) is 5.96 Å². The van der Waals surface area contributed by atoms with E-state index >= 15 is 0 Å². The Balaban J connectivity index is 1.38. The van der Waals surface area contributed by atoms with Gasteiger partial charge in [0.05, 0.1) is 13.2 Å². The van der Waals surface area contributed by atoms with Crippen LogP contribution in [0.5, 0.6) is 0 Å². The minimum absolute atomic E-state index is 0.584. The van der Waals surface area contributed by atoms with Crippen molar-refractivity contribution in [2.45, 2.75) is 19.8 Å². The Hall–Kier alpha value is -1.86. The summed E-state index contributed by atoms with van der Waals surface area (Å²) in [5.41, 5.74) is 0. The van der Waals surface area contributed by atoms with Gasteiger partial charge in [-0.25, -0.2) is 4.98 Å². The Bertz CT molecular complexity index is 555. The Labute approximate surface area is 162 Å². The Morgan fingerprint density at radius 1 is 1.33 bits per heavy atom. The van der Waals surface area contributed by atoms with Crippen molar-refractivity contribution in [3.8, 4) is 0 Å². The molecule has 2 fully saturated rings. The third kappa shape index (κ3) is 6.36. The molecule has 2 aliphatic heterocycles. The van der Waals surface area contributed by atoms with Crippen LogP contribution in [0.25, 0.3) is 0 Å². The molecule has 0 aliphatic carbocycles. The second-order valence-corrected chi connectivity index (χ2v) is 7.06. The summed E-state index contributed by atoms with van der Waals surface area (Å²) >= 11 is 0. The lowest BCUT2D eigenvalue weighted by atomic mass is 10.1. The van der Waals surface area contributed by atoms with Gasteiger partial charge in [-0.3, -0.25) is 4.99 Å². The molecule has 2 saturated heterocycles. The van der Waals surface area contributed by atoms with Gasteiger partial charge >= 0.3 is 0 Å². The second-order valence-electron chi connectivity index (χ2n) is 7.06. The molecule has 7 heteroatoms. The fourth-order valence-corrected chi connectivity index (χ4v) is 3.43. The molecule has 0 amide bonds. The molecule has 27 heavy (non-hydrogen) atoms. The van der Waals surface area contributed by atoms with Crippen molar-refractivity contribution in [1.82, 2.24) is 15.2 Å². The number of nitrogens with one attached hydrogen (secondary N) is 1. The predicted molar refractivity (Wildman–Crippen MR) is 108 cm³/mol. The molecule has 1 N–H and O–H groups in total. The predicted octanol–water partition coefficient (Wildman–Crippen LogP) is 1.61. The van der Waals surface area contributed by atoms with E-state index in [1.807, 2.05) is 18.3 Å². The minimum atomic E-state index is 0.584. The number of piperazine rings is 1. The normalized spacial score (nSPS) is 20.9. The maximum atomic E-state index is 5.77. The van der Waals surface area contributed by atoms with Gasteiger partial charge in [-0.15, -0.1) is 0 Å². The molecule has 7 nitrogen and oxygen atoms in total. The molecule has 1 unspecified atom stereocenters. The molecule has 3 rings (SSSR count). The summed E-state index contributed by atoms with van der Waals surface area (Å²) in [5.74, 6) is 2.66. The highest BCUT2D eigenvalue weighted by atomic mass is 16.5. The van der Waals surface area contributed by atoms with Gasteiger partial charge in [0.25, 0.3) is 0 Å². The zero-order valence-electron chi connectivity index (χ0n) is 16.5. The summed E-state index contributed by atoms with van der Waals surface area (Å²) in [5, 5.41) is 3.43. The zero-order valence-corrected chi connectivity index (χ0v) is 16.5. The first kappa shape index (κ1) is 19.9. The molecular formula is C20H33N5O2. The number of aromatic nitrogens is 1. The van der Waals surface area contributed by atoms with E-state index in [-0.39, 0.29) is 0 Å². The van der Waals surface area contributed by atoms with Crippen LogP contribution in [0.15, 0.2) is 29.4 Å². The molecule has 3 heterocycles. The van der Waals surface area contributed by atoms with Crippen molar-refractivity contribution >= 4 is 11.8 Å². The van der Waals surface area contributed by atoms with Crippen LogP contribution in [0.3, 0.4) is 0 Å². The van der Waals surface area contributed by atoms with Crippen molar-refractivity contribution in [2.75, 3.05) is 70.6 Å². The van der Waals surface area contributed by atoms with Crippen LogP contribution in [0.2, 0.25) is 0 Å². The maximum Gasteiger partial charge on any atom is 0.194 e. The molecule has 0 aromatic carbocycles. The van der Waals surface area contributed by atoms with Gasteiger partial charge in [-0.2, -0.15) is 0 Å². The van der Waals surface area contributed by atoms with Crippen LogP contribution < -0.4 is 10.2 Å². The van der Waals surface area contributed by atoms with Crippen molar-refractivity contribution in [1.29, 1.82) is 0 Å². The van der Waals surface area contributed by atoms with Gasteiger partial charge in [0.2, 0.25) is 0 Å². The summed E-state index contributed by atoms with van der Waals surface area (Å²) in [6.45, 7) is 11.0. The van der Waals surface area contributed by atoms with E-state index in [0.29, 0.717) is 5.92 Å². The average molecular weight is 376 g/mol. The highest BCUT2D eigenvalue weighted by molar-refractivity contribution is 5.80. The number of nitrogens with zero attached hydrogens (tertiary/aromatic N) is 4. The highest BCUT2D eigenvalue weighted by Crippen LogP contribution is 2.13. The first-order valence-corrected chi connectivity index (χ1v) is 10.2. The van der Waals surface area contributed by atoms with Crippen molar-refractivity contribution < 1.29 is 9.47 Å². The SMILES string of the molecule is CCNC(=NCCCOCC1CCOC1)N1CCN(c2ccccn2)CC1. The molecule has 1 aromatic rings. The third-order valence-electron chi connectivity index (χ3n) is 4.97. The molecule has 0 saturated carbocycles. The monoisotopic (exact) mass is 375 g/mol. The zero-order chi connectivity index (χ0) is 18.7. The summed E-state index contributed by atoms with van der Waals surface area (Å²) in [4.78, 5) is 13.9. The van der Waals surface area contributed by atoms with Gasteiger partial charge in [0.1, 0.15) is 5.82 Å². The smallest absolute Gasteiger partial charge is 0.194 e. The topological polar surface area (TPSA) is 62.2 Å². The van der Waals surface area contributed by atoms with Gasteiger partial charge < -0.3 is 24.6 Å². The largest absolute Gasteiger partial charge is 0.381 e. The van der Waals surface area contributed by atoms with Crippen molar-refractivity contribution in [2.24, 2.45) is 10.9 Å². The van der Waals surface area contributed by atoms with E-state index < -0.39 is 0 Å². The molecule has 1 aromatic heterocycles. The summed E-state index contributed by atoms with van der Waals surface area (Å²) in [6.07, 6.45) is 3.94. The number of aliphatic imine (C=N–C) groups is 1. The van der Waals surface area contributed by atoms with Crippen LogP contribution >= 0.6 is 0 Å². The summed E-state index contributed by atoms with van der Waals surface area (Å²) in [6, 6.07) is 6.08. The number of ether oxygens (including phenoxy) is 2. The number of hydrogen-bond donors (Lipinski definition) is 1. The first-order valence-electron chi connectivity index (χ1n) is 10.2. The molecule has 1 atom stereocenters. The number of anilines is 1. The van der Waals surface area contributed by atoms with Gasteiger partial charge in [0, 0.05) is 64.6 Å². The maximum absolute atomic E-state index is 5.77. The highest BCUT2D eigenvalue weighted by Gasteiger charge is 2.20. The quantitative estimate of drug-likeness (QED) is 0.423. The average Bonchev–Trinajstić information content (AvgIpc) is 3.24. The minimum Gasteiger partial charge on any atom is -0.381 e. The standard InChI is InChI=1S/C20H33N5O2/c1-2-21-20(23-9-5-14-26-16-18-7-15-27-17-18)25-12-10-24(11-13-25)19-6-3-4-8-22-19/h3-4,6,8,18H,2,5,7,9-17H2,1H3,(H,21,23). The molecular weight excluding hydrogens is 342 g/mol. The molecule has 0 bridgehead atoms. The van der Waals surface area contributed by atoms with Crippen LogP contribution in [0.1, 0.15) is 19.8 Å². The van der Waals surface area contributed by atoms with Crippen LogP contribution in [0.4, 0.5) is 5.82 Å². The third-order valence-corrected chi connectivity index (χ3v) is 4.97. The summed E-state index contributed by atoms with van der Waals surface area (Å²) in [7, 11) is 0. The Morgan fingerprint density at radius 3 is 2.93 bits per heavy atom. The molecule has 0 radical (unpaired) electrons. The van der Waals surface area contributed by atoms with Crippen molar-refractivity contribution in [3.05, 3.63) is 24.4 Å². The number of guanidine groups is 1. The van der Waals surface area contributed by atoms with E-state index in [1.54, 1.807) is 0 Å². The number of hydrogen-bond acceptors (Lipinski definition) is 5.